The van der Waals surface area contributed by atoms with Gasteiger partial charge in [-0.25, -0.2) is 0 Å². The highest BCUT2D eigenvalue weighted by Gasteiger charge is 2.36. The fraction of sp³-hybridized carbons (Fsp3) is 0.150. The van der Waals surface area contributed by atoms with E-state index in [-0.39, 0.29) is 24.0 Å². The lowest BCUT2D eigenvalue weighted by molar-refractivity contribution is -0.385. The van der Waals surface area contributed by atoms with Crippen LogP contribution in [0.1, 0.15) is 29.2 Å². The molecule has 0 aliphatic carbocycles. The van der Waals surface area contributed by atoms with Gasteiger partial charge in [0.1, 0.15) is 11.3 Å². The first-order valence-electron chi connectivity index (χ1n) is 9.01. The number of fused-ring (bicyclic) bond motifs is 2. The molecule has 1 amide bonds. The molecule has 9 heteroatoms. The second-order valence-corrected chi connectivity index (χ2v) is 6.84. The highest BCUT2D eigenvalue weighted by molar-refractivity contribution is 5.95. The summed E-state index contributed by atoms with van der Waals surface area (Å²) in [6.45, 7) is 1.80. The SMILES string of the molecule is Cc1nn(-c2nc3ccccc3o2)c2c1C(c1ccccc1[N+](=O)[O-])CC(=O)N2. The van der Waals surface area contributed by atoms with Crippen molar-refractivity contribution in [1.82, 2.24) is 14.8 Å². The van der Waals surface area contributed by atoms with Crippen LogP contribution in [0.2, 0.25) is 0 Å². The third-order valence-electron chi connectivity index (χ3n) is 5.08. The summed E-state index contributed by atoms with van der Waals surface area (Å²) in [5.74, 6) is -0.315. The molecular weight excluding hydrogens is 374 g/mol. The molecule has 1 aliphatic heterocycles. The van der Waals surface area contributed by atoms with Crippen molar-refractivity contribution in [3.05, 3.63) is 75.5 Å². The highest BCUT2D eigenvalue weighted by Crippen LogP contribution is 2.42. The summed E-state index contributed by atoms with van der Waals surface area (Å²) < 4.78 is 7.25. The molecule has 0 saturated carbocycles. The molecule has 5 rings (SSSR count). The Hall–Kier alpha value is -4.01. The van der Waals surface area contributed by atoms with E-state index in [1.54, 1.807) is 31.2 Å². The normalized spacial score (nSPS) is 15.9. The van der Waals surface area contributed by atoms with Crippen LogP contribution in [0, 0.1) is 17.0 Å². The summed E-state index contributed by atoms with van der Waals surface area (Å²) in [4.78, 5) is 28.0. The number of carbonyl (C=O) groups excluding carboxylic acids is 1. The van der Waals surface area contributed by atoms with Gasteiger partial charge in [-0.2, -0.15) is 14.8 Å². The maximum Gasteiger partial charge on any atom is 0.325 e. The summed E-state index contributed by atoms with van der Waals surface area (Å²) >= 11 is 0. The minimum absolute atomic E-state index is 0.0211. The average molecular weight is 389 g/mol. The minimum atomic E-state index is -0.488. The molecule has 0 saturated heterocycles. The van der Waals surface area contributed by atoms with Crippen LogP contribution < -0.4 is 5.32 Å². The zero-order chi connectivity index (χ0) is 20.1. The largest absolute Gasteiger partial charge is 0.422 e. The van der Waals surface area contributed by atoms with E-state index in [2.05, 4.69) is 15.4 Å². The molecule has 144 valence electrons. The van der Waals surface area contributed by atoms with Crippen LogP contribution in [-0.2, 0) is 4.79 Å². The number of amides is 1. The molecule has 2 aromatic heterocycles. The molecule has 0 spiro atoms. The quantitative estimate of drug-likeness (QED) is 0.422. The summed E-state index contributed by atoms with van der Waals surface area (Å²) in [7, 11) is 0. The number of hydrogen-bond acceptors (Lipinski definition) is 6. The van der Waals surface area contributed by atoms with Crippen molar-refractivity contribution in [2.24, 2.45) is 0 Å². The van der Waals surface area contributed by atoms with E-state index in [0.717, 1.165) is 5.56 Å². The third kappa shape index (κ3) is 2.66. The fourth-order valence-electron chi connectivity index (χ4n) is 3.85. The molecule has 3 heterocycles. The second-order valence-electron chi connectivity index (χ2n) is 6.84. The predicted molar refractivity (Wildman–Crippen MR) is 104 cm³/mol. The molecule has 1 atom stereocenters. The number of anilines is 1. The lowest BCUT2D eigenvalue weighted by Crippen LogP contribution is -2.25. The number of aromatic nitrogens is 3. The molecule has 4 aromatic rings. The van der Waals surface area contributed by atoms with Gasteiger partial charge in [0.25, 0.3) is 5.69 Å². The monoisotopic (exact) mass is 389 g/mol. The van der Waals surface area contributed by atoms with E-state index in [0.29, 0.717) is 28.2 Å². The maximum absolute atomic E-state index is 12.5. The molecular formula is C20H15N5O4. The van der Waals surface area contributed by atoms with E-state index in [4.69, 9.17) is 4.42 Å². The first kappa shape index (κ1) is 17.1. The second kappa shape index (κ2) is 6.26. The van der Waals surface area contributed by atoms with Crippen LogP contribution in [0.4, 0.5) is 11.5 Å². The fourth-order valence-corrected chi connectivity index (χ4v) is 3.85. The van der Waals surface area contributed by atoms with E-state index >= 15 is 0 Å². The van der Waals surface area contributed by atoms with Gasteiger partial charge in [-0.15, -0.1) is 0 Å². The summed E-state index contributed by atoms with van der Waals surface area (Å²) in [6, 6.07) is 14.0. The van der Waals surface area contributed by atoms with Gasteiger partial charge in [-0.05, 0) is 19.1 Å². The first-order chi connectivity index (χ1) is 14.0. The Bertz CT molecular complexity index is 1260. The molecule has 9 nitrogen and oxygen atoms in total. The van der Waals surface area contributed by atoms with Crippen LogP contribution in [0.5, 0.6) is 0 Å². The molecule has 0 bridgehead atoms. The standard InChI is InChI=1S/C20H15N5O4/c1-11-18-13(12-6-2-4-8-15(12)25(27)28)10-17(26)22-19(18)24(23-11)20-21-14-7-3-5-9-16(14)29-20/h2-9,13H,10H2,1H3,(H,22,26). The number of nitrogens with one attached hydrogen (secondary N) is 1. The lowest BCUT2D eigenvalue weighted by atomic mass is 9.85. The number of rotatable bonds is 3. The number of para-hydroxylation sites is 3. The highest BCUT2D eigenvalue weighted by atomic mass is 16.6. The van der Waals surface area contributed by atoms with Gasteiger partial charge in [0.05, 0.1) is 10.6 Å². The predicted octanol–water partition coefficient (Wildman–Crippen LogP) is 3.70. The Kier molecular flexibility index (Phi) is 3.70. The Labute approximate surface area is 164 Å². The van der Waals surface area contributed by atoms with Crippen LogP contribution in [-0.4, -0.2) is 25.6 Å². The van der Waals surface area contributed by atoms with Crippen molar-refractivity contribution < 1.29 is 14.1 Å². The summed E-state index contributed by atoms with van der Waals surface area (Å²) in [6.07, 6.45) is 0.0952. The van der Waals surface area contributed by atoms with Crippen LogP contribution in [0.25, 0.3) is 17.1 Å². The number of nitro benzene ring substituents is 1. The molecule has 0 radical (unpaired) electrons. The Morgan fingerprint density at radius 3 is 2.76 bits per heavy atom. The smallest absolute Gasteiger partial charge is 0.325 e. The van der Waals surface area contributed by atoms with Gasteiger partial charge in [-0.3, -0.25) is 14.9 Å². The number of oxazole rings is 1. The molecule has 1 aliphatic rings. The number of benzene rings is 2. The Morgan fingerprint density at radius 2 is 1.97 bits per heavy atom. The van der Waals surface area contributed by atoms with Gasteiger partial charge in [-0.1, -0.05) is 30.3 Å². The molecule has 2 aromatic carbocycles. The van der Waals surface area contributed by atoms with Crippen molar-refractivity contribution in [2.45, 2.75) is 19.3 Å². The van der Waals surface area contributed by atoms with Crippen molar-refractivity contribution in [3.8, 4) is 6.01 Å². The molecule has 29 heavy (non-hydrogen) atoms. The number of hydrogen-bond donors (Lipinski definition) is 1. The van der Waals surface area contributed by atoms with Crippen LogP contribution >= 0.6 is 0 Å². The number of aryl methyl sites for hydroxylation is 1. The van der Waals surface area contributed by atoms with Crippen LogP contribution in [0.15, 0.2) is 52.9 Å². The first-order valence-corrected chi connectivity index (χ1v) is 9.01. The number of carbonyl (C=O) groups is 1. The summed E-state index contributed by atoms with van der Waals surface area (Å²) in [5, 5.41) is 18.9. The Morgan fingerprint density at radius 1 is 1.21 bits per heavy atom. The van der Waals surface area contributed by atoms with E-state index in [1.165, 1.54) is 10.7 Å². The lowest BCUT2D eigenvalue weighted by Gasteiger charge is -2.23. The van der Waals surface area contributed by atoms with Gasteiger partial charge in [0, 0.05) is 29.5 Å². The van der Waals surface area contributed by atoms with E-state index in [1.807, 2.05) is 18.2 Å². The van der Waals surface area contributed by atoms with Crippen molar-refractivity contribution in [2.75, 3.05) is 5.32 Å². The van der Waals surface area contributed by atoms with Crippen molar-refractivity contribution >= 4 is 28.5 Å². The topological polar surface area (TPSA) is 116 Å². The molecule has 1 N–H and O–H groups in total. The zero-order valence-electron chi connectivity index (χ0n) is 15.3. The summed E-state index contributed by atoms with van der Waals surface area (Å²) in [5.41, 5.74) is 3.09. The van der Waals surface area contributed by atoms with E-state index in [9.17, 15) is 14.9 Å². The number of nitro groups is 1. The van der Waals surface area contributed by atoms with Crippen molar-refractivity contribution in [1.29, 1.82) is 0 Å². The number of nitrogens with zero attached hydrogens (tertiary/aromatic N) is 4. The van der Waals surface area contributed by atoms with Gasteiger partial charge in [0.15, 0.2) is 5.58 Å². The third-order valence-corrected chi connectivity index (χ3v) is 5.08. The van der Waals surface area contributed by atoms with Crippen LogP contribution in [0.3, 0.4) is 0 Å². The van der Waals surface area contributed by atoms with E-state index < -0.39 is 10.8 Å². The molecule has 0 fully saturated rings. The molecule has 1 unspecified atom stereocenters. The maximum atomic E-state index is 12.5. The average Bonchev–Trinajstić information content (AvgIpc) is 3.28. The Balaban J connectivity index is 1.70. The van der Waals surface area contributed by atoms with Crippen molar-refractivity contribution in [3.63, 3.8) is 0 Å². The minimum Gasteiger partial charge on any atom is -0.422 e. The van der Waals surface area contributed by atoms with Gasteiger partial charge in [0.2, 0.25) is 5.91 Å². The van der Waals surface area contributed by atoms with Gasteiger partial charge >= 0.3 is 6.01 Å². The van der Waals surface area contributed by atoms with Gasteiger partial charge < -0.3 is 9.73 Å². The zero-order valence-corrected chi connectivity index (χ0v) is 15.3.